The fourth-order valence-electron chi connectivity index (χ4n) is 2.78. The molecule has 2 amide bonds. The van der Waals surface area contributed by atoms with E-state index < -0.39 is 6.04 Å². The lowest BCUT2D eigenvalue weighted by Gasteiger charge is -2.24. The lowest BCUT2D eigenvalue weighted by Crippen LogP contribution is -2.45. The molecule has 1 saturated heterocycles. The maximum absolute atomic E-state index is 12.7. The first-order chi connectivity index (χ1) is 11.2. The third kappa shape index (κ3) is 3.40. The van der Waals surface area contributed by atoms with Gasteiger partial charge in [0, 0.05) is 6.54 Å². The molecule has 120 valence electrons. The van der Waals surface area contributed by atoms with Gasteiger partial charge in [-0.2, -0.15) is 0 Å². The van der Waals surface area contributed by atoms with Crippen LogP contribution in [0.1, 0.15) is 29.0 Å². The standard InChI is InChI=1S/C17H17ClN2O3/c18-14-7-2-1-6-13(14)17(22)20-9-3-8-15(20)16(21)19-11-12-5-4-10-23-12/h1-2,4-7,10,15H,3,8-9,11H2,(H,19,21)/t15-/m1/s1. The monoisotopic (exact) mass is 332 g/mol. The van der Waals surface area contributed by atoms with Crippen molar-refractivity contribution in [2.24, 2.45) is 0 Å². The Bertz CT molecular complexity index is 700. The summed E-state index contributed by atoms with van der Waals surface area (Å²) < 4.78 is 5.19. The van der Waals surface area contributed by atoms with E-state index >= 15 is 0 Å². The van der Waals surface area contributed by atoms with Crippen molar-refractivity contribution in [2.45, 2.75) is 25.4 Å². The van der Waals surface area contributed by atoms with Crippen molar-refractivity contribution in [3.05, 3.63) is 59.0 Å². The second-order valence-corrected chi connectivity index (χ2v) is 5.84. The second kappa shape index (κ2) is 6.87. The first-order valence-electron chi connectivity index (χ1n) is 7.52. The molecule has 0 bridgehead atoms. The van der Waals surface area contributed by atoms with Crippen LogP contribution in [0.3, 0.4) is 0 Å². The molecule has 0 aliphatic carbocycles. The van der Waals surface area contributed by atoms with E-state index in [9.17, 15) is 9.59 Å². The molecule has 0 unspecified atom stereocenters. The average molecular weight is 333 g/mol. The highest BCUT2D eigenvalue weighted by Gasteiger charge is 2.35. The van der Waals surface area contributed by atoms with E-state index in [4.69, 9.17) is 16.0 Å². The maximum Gasteiger partial charge on any atom is 0.256 e. The van der Waals surface area contributed by atoms with Crippen LogP contribution in [0.2, 0.25) is 5.02 Å². The Labute approximate surface area is 139 Å². The zero-order valence-electron chi connectivity index (χ0n) is 12.5. The molecule has 3 rings (SSSR count). The van der Waals surface area contributed by atoms with Crippen LogP contribution >= 0.6 is 11.6 Å². The first-order valence-corrected chi connectivity index (χ1v) is 7.90. The van der Waals surface area contributed by atoms with Crippen LogP contribution in [0.15, 0.2) is 47.1 Å². The van der Waals surface area contributed by atoms with Crippen molar-refractivity contribution < 1.29 is 14.0 Å². The summed E-state index contributed by atoms with van der Waals surface area (Å²) in [6.45, 7) is 0.874. The molecule has 1 aliphatic rings. The molecule has 0 saturated carbocycles. The zero-order valence-corrected chi connectivity index (χ0v) is 13.3. The number of nitrogens with one attached hydrogen (secondary N) is 1. The Balaban J connectivity index is 1.68. The molecule has 23 heavy (non-hydrogen) atoms. The fourth-order valence-corrected chi connectivity index (χ4v) is 2.99. The van der Waals surface area contributed by atoms with Gasteiger partial charge in [-0.25, -0.2) is 0 Å². The smallest absolute Gasteiger partial charge is 0.256 e. The summed E-state index contributed by atoms with van der Waals surface area (Å²) in [6.07, 6.45) is 3.01. The summed E-state index contributed by atoms with van der Waals surface area (Å²) in [5.41, 5.74) is 0.430. The summed E-state index contributed by atoms with van der Waals surface area (Å²) in [7, 11) is 0. The van der Waals surface area contributed by atoms with Crippen LogP contribution < -0.4 is 5.32 Å². The Morgan fingerprint density at radius 1 is 1.26 bits per heavy atom. The van der Waals surface area contributed by atoms with E-state index in [1.54, 1.807) is 47.6 Å². The third-order valence-electron chi connectivity index (χ3n) is 3.94. The van der Waals surface area contributed by atoms with Crippen molar-refractivity contribution in [3.63, 3.8) is 0 Å². The van der Waals surface area contributed by atoms with E-state index in [0.717, 1.165) is 6.42 Å². The number of benzene rings is 1. The summed E-state index contributed by atoms with van der Waals surface area (Å²) in [5, 5.41) is 3.22. The number of rotatable bonds is 4. The number of amides is 2. The highest BCUT2D eigenvalue weighted by Crippen LogP contribution is 2.24. The van der Waals surface area contributed by atoms with Crippen LogP contribution in [-0.2, 0) is 11.3 Å². The lowest BCUT2D eigenvalue weighted by atomic mass is 10.1. The third-order valence-corrected chi connectivity index (χ3v) is 4.27. The SMILES string of the molecule is O=C(NCc1ccco1)[C@H]1CCCN1C(=O)c1ccccc1Cl. The molecule has 0 radical (unpaired) electrons. The first kappa shape index (κ1) is 15.6. The Morgan fingerprint density at radius 2 is 2.09 bits per heavy atom. The number of carbonyl (C=O) groups is 2. The van der Waals surface area contributed by atoms with Crippen LogP contribution in [0, 0.1) is 0 Å². The Kier molecular flexibility index (Phi) is 4.67. The number of halogens is 1. The molecular weight excluding hydrogens is 316 g/mol. The molecule has 1 aromatic carbocycles. The molecule has 1 N–H and O–H groups in total. The number of hydrogen-bond donors (Lipinski definition) is 1. The van der Waals surface area contributed by atoms with Crippen molar-refractivity contribution in [2.75, 3.05) is 6.54 Å². The van der Waals surface area contributed by atoms with Gasteiger partial charge in [-0.1, -0.05) is 23.7 Å². The topological polar surface area (TPSA) is 62.6 Å². The molecule has 0 spiro atoms. The van der Waals surface area contributed by atoms with Gasteiger partial charge in [0.25, 0.3) is 5.91 Å². The van der Waals surface area contributed by atoms with Crippen molar-refractivity contribution in [1.82, 2.24) is 10.2 Å². The molecule has 6 heteroatoms. The molecule has 2 aromatic rings. The van der Waals surface area contributed by atoms with E-state index in [-0.39, 0.29) is 11.8 Å². The second-order valence-electron chi connectivity index (χ2n) is 5.43. The number of furan rings is 1. The van der Waals surface area contributed by atoms with Gasteiger partial charge >= 0.3 is 0 Å². The van der Waals surface area contributed by atoms with Gasteiger partial charge in [-0.05, 0) is 37.1 Å². The van der Waals surface area contributed by atoms with Gasteiger partial charge < -0.3 is 14.6 Å². The van der Waals surface area contributed by atoms with Gasteiger partial charge in [0.15, 0.2) is 0 Å². The van der Waals surface area contributed by atoms with Gasteiger partial charge in [0.2, 0.25) is 5.91 Å². The minimum Gasteiger partial charge on any atom is -0.467 e. The molecular formula is C17H17ClN2O3. The fraction of sp³-hybridized carbons (Fsp3) is 0.294. The minimum absolute atomic E-state index is 0.167. The number of carbonyl (C=O) groups excluding carboxylic acids is 2. The van der Waals surface area contributed by atoms with Crippen molar-refractivity contribution in [1.29, 1.82) is 0 Å². The summed E-state index contributed by atoms with van der Waals surface area (Å²) in [6, 6.07) is 10.00. The Hall–Kier alpha value is -2.27. The van der Waals surface area contributed by atoms with Crippen LogP contribution in [0.5, 0.6) is 0 Å². The molecule has 1 aliphatic heterocycles. The quantitative estimate of drug-likeness (QED) is 0.936. The summed E-state index contributed by atoms with van der Waals surface area (Å²) >= 11 is 6.09. The summed E-state index contributed by atoms with van der Waals surface area (Å²) in [4.78, 5) is 26.6. The van der Waals surface area contributed by atoms with Gasteiger partial charge in [0.05, 0.1) is 23.4 Å². The summed E-state index contributed by atoms with van der Waals surface area (Å²) in [5.74, 6) is 0.311. The van der Waals surface area contributed by atoms with E-state index in [2.05, 4.69) is 5.32 Å². The molecule has 1 fully saturated rings. The van der Waals surface area contributed by atoms with Crippen molar-refractivity contribution >= 4 is 23.4 Å². The van der Waals surface area contributed by atoms with Crippen LogP contribution in [-0.4, -0.2) is 29.3 Å². The van der Waals surface area contributed by atoms with Gasteiger partial charge in [0.1, 0.15) is 11.8 Å². The average Bonchev–Trinajstić information content (AvgIpc) is 3.24. The number of hydrogen-bond acceptors (Lipinski definition) is 3. The number of nitrogens with zero attached hydrogens (tertiary/aromatic N) is 1. The zero-order chi connectivity index (χ0) is 16.2. The highest BCUT2D eigenvalue weighted by atomic mass is 35.5. The Morgan fingerprint density at radius 3 is 2.83 bits per heavy atom. The lowest BCUT2D eigenvalue weighted by molar-refractivity contribution is -0.125. The highest BCUT2D eigenvalue weighted by molar-refractivity contribution is 6.33. The normalized spacial score (nSPS) is 17.3. The molecule has 1 atom stereocenters. The predicted molar refractivity (Wildman–Crippen MR) is 86.1 cm³/mol. The van der Waals surface area contributed by atoms with Crippen LogP contribution in [0.25, 0.3) is 0 Å². The van der Waals surface area contributed by atoms with E-state index in [1.165, 1.54) is 0 Å². The molecule has 5 nitrogen and oxygen atoms in total. The van der Waals surface area contributed by atoms with Crippen molar-refractivity contribution in [3.8, 4) is 0 Å². The molecule has 1 aromatic heterocycles. The minimum atomic E-state index is -0.464. The van der Waals surface area contributed by atoms with E-state index in [0.29, 0.717) is 35.9 Å². The molecule has 2 heterocycles. The van der Waals surface area contributed by atoms with Gasteiger partial charge in [-0.15, -0.1) is 0 Å². The predicted octanol–water partition coefficient (Wildman–Crippen LogP) is 2.85. The van der Waals surface area contributed by atoms with E-state index in [1.807, 2.05) is 0 Å². The maximum atomic E-state index is 12.7. The largest absolute Gasteiger partial charge is 0.467 e. The number of likely N-dealkylation sites (tertiary alicyclic amines) is 1. The van der Waals surface area contributed by atoms with Gasteiger partial charge in [-0.3, -0.25) is 9.59 Å². The van der Waals surface area contributed by atoms with Crippen LogP contribution in [0.4, 0.5) is 0 Å².